The molecule has 11 heteroatoms. The van der Waals surface area contributed by atoms with E-state index in [-0.39, 0.29) is 11.7 Å². The summed E-state index contributed by atoms with van der Waals surface area (Å²) in [7, 11) is 1.17. The summed E-state index contributed by atoms with van der Waals surface area (Å²) in [5, 5.41) is 8.20. The van der Waals surface area contributed by atoms with Crippen molar-refractivity contribution in [1.29, 1.82) is 0 Å². The molecule has 0 spiro atoms. The van der Waals surface area contributed by atoms with Crippen molar-refractivity contribution in [2.75, 3.05) is 13.1 Å². The number of imide groups is 1. The van der Waals surface area contributed by atoms with Gasteiger partial charge in [0.25, 0.3) is 0 Å². The van der Waals surface area contributed by atoms with Gasteiger partial charge in [-0.1, -0.05) is 11.8 Å². The maximum absolute atomic E-state index is 12.6. The van der Waals surface area contributed by atoms with Gasteiger partial charge >= 0.3 is 12.2 Å². The topological polar surface area (TPSA) is 80.1 Å². The van der Waals surface area contributed by atoms with Crippen LogP contribution in [0.5, 0.6) is 0 Å². The lowest BCUT2D eigenvalue weighted by Crippen LogP contribution is -2.39. The first-order chi connectivity index (χ1) is 9.71. The molecule has 1 atom stereocenters. The van der Waals surface area contributed by atoms with Gasteiger partial charge in [0.2, 0.25) is 11.7 Å². The molecule has 0 saturated carbocycles. The minimum atomic E-state index is -4.61. The predicted molar refractivity (Wildman–Crippen MR) is 66.4 cm³/mol. The number of alkyl halides is 3. The smallest absolute Gasteiger partial charge is 0.336 e. The molecule has 1 aromatic rings. The molecule has 1 aromatic heterocycles. The Bertz CT molecular complexity index is 574. The molecule has 2 rings (SSSR count). The second kappa shape index (κ2) is 5.54. The monoisotopic (exact) mass is 323 g/mol. The van der Waals surface area contributed by atoms with E-state index in [1.54, 1.807) is 0 Å². The molecule has 3 amide bonds. The van der Waals surface area contributed by atoms with E-state index < -0.39 is 29.2 Å². The van der Waals surface area contributed by atoms with E-state index >= 15 is 0 Å². The maximum Gasteiger partial charge on any atom is 0.451 e. The normalized spacial score (nSPS) is 17.0. The molecule has 0 bridgehead atoms. The number of halogens is 3. The summed E-state index contributed by atoms with van der Waals surface area (Å²) in [5.74, 6) is -1.62. The minimum absolute atomic E-state index is 0.0391. The van der Waals surface area contributed by atoms with Crippen LogP contribution in [0.2, 0.25) is 0 Å². The number of hydrogen-bond donors (Lipinski definition) is 1. The third kappa shape index (κ3) is 3.12. The number of nitrogens with one attached hydrogen (secondary N) is 1. The summed E-state index contributed by atoms with van der Waals surface area (Å²) >= 11 is 0.822. The Kier molecular flexibility index (Phi) is 4.12. The number of nitrogens with zero attached hydrogens (tertiary/aromatic N) is 4. The number of thioether (sulfide) groups is 1. The molecule has 7 nitrogen and oxygen atoms in total. The standard InChI is InChI=1S/C10H12F3N5O2S/c1-5(6(19)18-4-3-14-8(18)20)21-9-16-15-7(17(9)2)10(11,12)13/h5H,3-4H2,1-2H3,(H,14,20). The molecule has 1 N–H and O–H groups in total. The Hall–Kier alpha value is -1.78. The Morgan fingerprint density at radius 3 is 2.57 bits per heavy atom. The van der Waals surface area contributed by atoms with E-state index in [0.717, 1.165) is 21.2 Å². The lowest BCUT2D eigenvalue weighted by molar-refractivity contribution is -0.147. The number of aromatic nitrogens is 3. The fourth-order valence-corrected chi connectivity index (χ4v) is 2.65. The van der Waals surface area contributed by atoms with Crippen LogP contribution < -0.4 is 5.32 Å². The SMILES string of the molecule is CC(Sc1nnc(C(F)(F)F)n1C)C(=O)N1CCNC1=O. The van der Waals surface area contributed by atoms with Gasteiger partial charge in [-0.3, -0.25) is 9.69 Å². The van der Waals surface area contributed by atoms with Crippen LogP contribution in [0.4, 0.5) is 18.0 Å². The summed E-state index contributed by atoms with van der Waals surface area (Å²) in [6.07, 6.45) is -4.61. The zero-order valence-corrected chi connectivity index (χ0v) is 12.0. The molecule has 1 fully saturated rings. The molecule has 1 aliphatic heterocycles. The minimum Gasteiger partial charge on any atom is -0.336 e. The third-order valence-corrected chi connectivity index (χ3v) is 3.96. The predicted octanol–water partition coefficient (Wildman–Crippen LogP) is 0.866. The van der Waals surface area contributed by atoms with Gasteiger partial charge in [-0.25, -0.2) is 4.79 Å². The van der Waals surface area contributed by atoms with Crippen molar-refractivity contribution in [2.24, 2.45) is 7.05 Å². The van der Waals surface area contributed by atoms with Crippen LogP contribution in [0.25, 0.3) is 0 Å². The Balaban J connectivity index is 2.10. The summed E-state index contributed by atoms with van der Waals surface area (Å²) in [4.78, 5) is 24.4. The summed E-state index contributed by atoms with van der Waals surface area (Å²) in [6.45, 7) is 2.11. The zero-order valence-electron chi connectivity index (χ0n) is 11.1. The van der Waals surface area contributed by atoms with E-state index in [1.165, 1.54) is 14.0 Å². The van der Waals surface area contributed by atoms with Crippen LogP contribution in [0.15, 0.2) is 5.16 Å². The number of carbonyl (C=O) groups excluding carboxylic acids is 2. The first-order valence-electron chi connectivity index (χ1n) is 5.94. The van der Waals surface area contributed by atoms with E-state index in [9.17, 15) is 22.8 Å². The van der Waals surface area contributed by atoms with Crippen molar-refractivity contribution in [1.82, 2.24) is 25.0 Å². The van der Waals surface area contributed by atoms with E-state index in [1.807, 2.05) is 0 Å². The zero-order chi connectivity index (χ0) is 15.8. The van der Waals surface area contributed by atoms with Crippen LogP contribution in [0.3, 0.4) is 0 Å². The van der Waals surface area contributed by atoms with Gasteiger partial charge in [0, 0.05) is 20.1 Å². The van der Waals surface area contributed by atoms with Crippen LogP contribution >= 0.6 is 11.8 Å². The molecule has 1 unspecified atom stereocenters. The number of amides is 3. The van der Waals surface area contributed by atoms with E-state index in [0.29, 0.717) is 6.54 Å². The number of urea groups is 1. The molecule has 1 aliphatic rings. The second-order valence-electron chi connectivity index (χ2n) is 4.34. The molecule has 116 valence electrons. The highest BCUT2D eigenvalue weighted by Gasteiger charge is 2.38. The van der Waals surface area contributed by atoms with Gasteiger partial charge < -0.3 is 9.88 Å². The molecule has 1 saturated heterocycles. The van der Waals surface area contributed by atoms with Crippen LogP contribution in [-0.4, -0.2) is 49.9 Å². The molecule has 2 heterocycles. The van der Waals surface area contributed by atoms with E-state index in [4.69, 9.17) is 0 Å². The maximum atomic E-state index is 12.6. The largest absolute Gasteiger partial charge is 0.451 e. The lowest BCUT2D eigenvalue weighted by atomic mass is 10.4. The molecule has 0 aromatic carbocycles. The van der Waals surface area contributed by atoms with Crippen molar-refractivity contribution in [2.45, 2.75) is 23.5 Å². The van der Waals surface area contributed by atoms with E-state index in [2.05, 4.69) is 15.5 Å². The van der Waals surface area contributed by atoms with Gasteiger partial charge in [0.05, 0.1) is 5.25 Å². The summed E-state index contributed by atoms with van der Waals surface area (Å²) in [5.41, 5.74) is 0. The Morgan fingerprint density at radius 1 is 1.43 bits per heavy atom. The average molecular weight is 323 g/mol. The fraction of sp³-hybridized carbons (Fsp3) is 0.600. The lowest BCUT2D eigenvalue weighted by Gasteiger charge is -2.17. The van der Waals surface area contributed by atoms with Crippen molar-refractivity contribution in [3.63, 3.8) is 0 Å². The first-order valence-corrected chi connectivity index (χ1v) is 6.82. The quantitative estimate of drug-likeness (QED) is 0.835. The Labute approximate surface area is 121 Å². The van der Waals surface area contributed by atoms with Crippen molar-refractivity contribution >= 4 is 23.7 Å². The molecular formula is C10H12F3N5O2S. The van der Waals surface area contributed by atoms with Crippen LogP contribution in [0, 0.1) is 0 Å². The Morgan fingerprint density at radius 2 is 2.10 bits per heavy atom. The van der Waals surface area contributed by atoms with Gasteiger partial charge in [-0.2, -0.15) is 13.2 Å². The van der Waals surface area contributed by atoms with Gasteiger partial charge in [-0.05, 0) is 6.92 Å². The second-order valence-corrected chi connectivity index (χ2v) is 5.65. The molecule has 21 heavy (non-hydrogen) atoms. The van der Waals surface area contributed by atoms with Crippen LogP contribution in [-0.2, 0) is 18.0 Å². The first kappa shape index (κ1) is 15.6. The molecule has 0 radical (unpaired) electrons. The number of rotatable bonds is 3. The summed E-state index contributed by atoms with van der Waals surface area (Å²) < 4.78 is 38.6. The van der Waals surface area contributed by atoms with Gasteiger partial charge in [-0.15, -0.1) is 10.2 Å². The van der Waals surface area contributed by atoms with Crippen molar-refractivity contribution < 1.29 is 22.8 Å². The number of carbonyl (C=O) groups is 2. The van der Waals surface area contributed by atoms with Crippen molar-refractivity contribution in [3.8, 4) is 0 Å². The third-order valence-electron chi connectivity index (χ3n) is 2.84. The van der Waals surface area contributed by atoms with Gasteiger partial charge in [0.1, 0.15) is 0 Å². The van der Waals surface area contributed by atoms with Crippen molar-refractivity contribution in [3.05, 3.63) is 5.82 Å². The molecule has 0 aliphatic carbocycles. The number of hydrogen-bond acceptors (Lipinski definition) is 5. The highest BCUT2D eigenvalue weighted by Crippen LogP contribution is 2.31. The molecular weight excluding hydrogens is 311 g/mol. The highest BCUT2D eigenvalue weighted by molar-refractivity contribution is 8.00. The summed E-state index contributed by atoms with van der Waals surface area (Å²) in [6, 6.07) is -0.499. The highest BCUT2D eigenvalue weighted by atomic mass is 32.2. The average Bonchev–Trinajstić information content (AvgIpc) is 2.95. The van der Waals surface area contributed by atoms with Gasteiger partial charge in [0.15, 0.2) is 5.16 Å². The van der Waals surface area contributed by atoms with Crippen LogP contribution in [0.1, 0.15) is 12.7 Å². The fourth-order valence-electron chi connectivity index (χ4n) is 1.77.